The molecule has 2 amide bonds. The van der Waals surface area contributed by atoms with Gasteiger partial charge in [-0.05, 0) is 45.4 Å². The smallest absolute Gasteiger partial charge is 0.257 e. The van der Waals surface area contributed by atoms with Gasteiger partial charge in [0.05, 0.1) is 12.1 Å². The summed E-state index contributed by atoms with van der Waals surface area (Å²) in [6.07, 6.45) is 1.72. The fraction of sp³-hybridized carbons (Fsp3) is 0.435. The lowest BCUT2D eigenvalue weighted by atomic mass is 9.80. The van der Waals surface area contributed by atoms with Crippen LogP contribution in [0.15, 0.2) is 52.2 Å². The second kappa shape index (κ2) is 7.38. The first-order valence-corrected chi connectivity index (χ1v) is 9.76. The van der Waals surface area contributed by atoms with Gasteiger partial charge in [0, 0.05) is 41.0 Å². The summed E-state index contributed by atoms with van der Waals surface area (Å²) in [4.78, 5) is 32.5. The highest BCUT2D eigenvalue weighted by Gasteiger charge is 2.38. The van der Waals surface area contributed by atoms with Crippen LogP contribution in [0.1, 0.15) is 50.5 Å². The van der Waals surface area contributed by atoms with Crippen molar-refractivity contribution < 1.29 is 9.59 Å². The van der Waals surface area contributed by atoms with Crippen LogP contribution in [0.3, 0.4) is 0 Å². The molecule has 0 bridgehead atoms. The fourth-order valence-corrected chi connectivity index (χ4v) is 3.78. The van der Waals surface area contributed by atoms with Gasteiger partial charge in [-0.15, -0.1) is 0 Å². The molecule has 5 heteroatoms. The van der Waals surface area contributed by atoms with E-state index in [1.807, 2.05) is 52.0 Å². The largest absolute Gasteiger partial charge is 0.350 e. The van der Waals surface area contributed by atoms with Crippen molar-refractivity contribution in [3.8, 4) is 0 Å². The summed E-state index contributed by atoms with van der Waals surface area (Å²) in [5.41, 5.74) is 4.83. The molecule has 0 unspecified atom stereocenters. The van der Waals surface area contributed by atoms with Gasteiger partial charge < -0.3 is 10.2 Å². The zero-order valence-corrected chi connectivity index (χ0v) is 17.6. The van der Waals surface area contributed by atoms with Gasteiger partial charge in [-0.25, -0.2) is 0 Å². The lowest BCUT2D eigenvalue weighted by Crippen LogP contribution is -2.36. The molecule has 0 spiro atoms. The molecule has 0 fully saturated rings. The third-order valence-electron chi connectivity index (χ3n) is 5.30. The minimum Gasteiger partial charge on any atom is -0.350 e. The van der Waals surface area contributed by atoms with Crippen molar-refractivity contribution in [2.24, 2.45) is 10.4 Å². The van der Waals surface area contributed by atoms with Crippen LogP contribution >= 0.6 is 0 Å². The van der Waals surface area contributed by atoms with Crippen molar-refractivity contribution in [3.05, 3.63) is 58.3 Å². The molecule has 5 nitrogen and oxygen atoms in total. The van der Waals surface area contributed by atoms with Crippen LogP contribution in [-0.2, 0) is 4.79 Å². The second-order valence-corrected chi connectivity index (χ2v) is 8.61. The van der Waals surface area contributed by atoms with Gasteiger partial charge in [0.2, 0.25) is 0 Å². The maximum atomic E-state index is 13.2. The average molecular weight is 380 g/mol. The van der Waals surface area contributed by atoms with Gasteiger partial charge in [-0.2, -0.15) is 0 Å². The van der Waals surface area contributed by atoms with Crippen molar-refractivity contribution >= 4 is 17.5 Å². The summed E-state index contributed by atoms with van der Waals surface area (Å²) >= 11 is 0. The first-order valence-electron chi connectivity index (χ1n) is 9.76. The highest BCUT2D eigenvalue weighted by atomic mass is 16.2. The molecule has 148 valence electrons. The van der Waals surface area contributed by atoms with Crippen LogP contribution < -0.4 is 5.32 Å². The lowest BCUT2D eigenvalue weighted by Gasteiger charge is -2.30. The summed E-state index contributed by atoms with van der Waals surface area (Å²) < 4.78 is 0. The molecule has 0 atom stereocenters. The van der Waals surface area contributed by atoms with Crippen LogP contribution in [-0.4, -0.2) is 41.6 Å². The molecular weight excluding hydrogens is 350 g/mol. The van der Waals surface area contributed by atoms with Crippen LogP contribution in [0.2, 0.25) is 0 Å². The van der Waals surface area contributed by atoms with Crippen molar-refractivity contribution in [2.45, 2.75) is 47.6 Å². The zero-order chi connectivity index (χ0) is 20.6. The van der Waals surface area contributed by atoms with E-state index in [0.717, 1.165) is 22.4 Å². The first kappa shape index (κ1) is 20.1. The Kier molecular flexibility index (Phi) is 5.28. The molecular formula is C23H29N3O2. The molecule has 28 heavy (non-hydrogen) atoms. The monoisotopic (exact) mass is 379 g/mol. The number of carbonyl (C=O) groups is 2. The van der Waals surface area contributed by atoms with E-state index in [0.29, 0.717) is 24.2 Å². The van der Waals surface area contributed by atoms with E-state index in [2.05, 4.69) is 24.2 Å². The molecule has 1 aromatic rings. The van der Waals surface area contributed by atoms with Gasteiger partial charge in [0.1, 0.15) is 0 Å². The molecule has 2 heterocycles. The van der Waals surface area contributed by atoms with Gasteiger partial charge in [0.25, 0.3) is 11.8 Å². The van der Waals surface area contributed by atoms with Crippen molar-refractivity contribution in [1.29, 1.82) is 0 Å². The summed E-state index contributed by atoms with van der Waals surface area (Å²) in [5, 5.41) is 2.97. The molecule has 2 aliphatic heterocycles. The molecule has 1 aromatic carbocycles. The number of nitrogens with one attached hydrogen (secondary N) is 1. The van der Waals surface area contributed by atoms with E-state index >= 15 is 0 Å². The van der Waals surface area contributed by atoms with E-state index in [-0.39, 0.29) is 23.3 Å². The number of nitrogens with zero attached hydrogens (tertiary/aromatic N) is 2. The summed E-state index contributed by atoms with van der Waals surface area (Å²) in [6, 6.07) is 7.55. The van der Waals surface area contributed by atoms with E-state index in [4.69, 9.17) is 0 Å². The van der Waals surface area contributed by atoms with E-state index in [1.54, 1.807) is 11.1 Å². The molecule has 0 saturated carbocycles. The number of benzene rings is 1. The molecule has 0 aliphatic carbocycles. The third-order valence-corrected chi connectivity index (χ3v) is 5.30. The highest BCUT2D eigenvalue weighted by Crippen LogP contribution is 2.39. The standard InChI is InChI=1S/C23H29N3O2/c1-14(2)25-21(27)18-12-26(22(28)17-9-7-15(3)8-10-17)13-23(5,6)19-11-24-16(4)20(18)19/h7-10,12,14H,11,13H2,1-6H3,(H,25,27). The number of carbonyl (C=O) groups excluding carboxylic acids is 2. The van der Waals surface area contributed by atoms with Crippen molar-refractivity contribution in [2.75, 3.05) is 13.1 Å². The number of aliphatic imine (C=N–C) groups is 1. The number of hydrogen-bond acceptors (Lipinski definition) is 3. The lowest BCUT2D eigenvalue weighted by molar-refractivity contribution is -0.117. The summed E-state index contributed by atoms with van der Waals surface area (Å²) in [7, 11) is 0. The Morgan fingerprint density at radius 1 is 1.14 bits per heavy atom. The number of aryl methyl sites for hydroxylation is 1. The SMILES string of the molecule is CC1=NCC2=C1C(C(=O)NC(C)C)=CN(C(=O)c1ccc(C)cc1)CC2(C)C. The van der Waals surface area contributed by atoms with Gasteiger partial charge in [-0.3, -0.25) is 14.6 Å². The van der Waals surface area contributed by atoms with Crippen LogP contribution in [0.4, 0.5) is 0 Å². The Balaban J connectivity index is 2.08. The van der Waals surface area contributed by atoms with Crippen LogP contribution in [0.25, 0.3) is 0 Å². The predicted octanol–water partition coefficient (Wildman–Crippen LogP) is 3.66. The van der Waals surface area contributed by atoms with Crippen molar-refractivity contribution in [1.82, 2.24) is 10.2 Å². The maximum absolute atomic E-state index is 13.2. The van der Waals surface area contributed by atoms with E-state index in [1.165, 1.54) is 0 Å². The fourth-order valence-electron chi connectivity index (χ4n) is 3.78. The molecule has 3 rings (SSSR count). The summed E-state index contributed by atoms with van der Waals surface area (Å²) in [5.74, 6) is -0.267. The van der Waals surface area contributed by atoms with Gasteiger partial charge in [0.15, 0.2) is 0 Å². The number of hydrogen-bond donors (Lipinski definition) is 1. The average Bonchev–Trinajstić information content (AvgIpc) is 2.94. The Hall–Kier alpha value is -2.69. The Morgan fingerprint density at radius 2 is 1.79 bits per heavy atom. The number of amides is 2. The molecule has 0 saturated heterocycles. The Labute approximate surface area is 167 Å². The van der Waals surface area contributed by atoms with E-state index < -0.39 is 0 Å². The normalized spacial score (nSPS) is 18.5. The van der Waals surface area contributed by atoms with Crippen LogP contribution in [0, 0.1) is 12.3 Å². The second-order valence-electron chi connectivity index (χ2n) is 8.61. The van der Waals surface area contributed by atoms with Gasteiger partial charge >= 0.3 is 0 Å². The van der Waals surface area contributed by atoms with Crippen molar-refractivity contribution in [3.63, 3.8) is 0 Å². The predicted molar refractivity (Wildman–Crippen MR) is 112 cm³/mol. The topological polar surface area (TPSA) is 61.8 Å². The minimum atomic E-state index is -0.284. The first-order chi connectivity index (χ1) is 13.1. The maximum Gasteiger partial charge on any atom is 0.257 e. The molecule has 2 aliphatic rings. The highest BCUT2D eigenvalue weighted by molar-refractivity contribution is 6.15. The Morgan fingerprint density at radius 3 is 2.39 bits per heavy atom. The summed E-state index contributed by atoms with van der Waals surface area (Å²) in [6.45, 7) is 13.1. The molecule has 0 radical (unpaired) electrons. The third kappa shape index (κ3) is 3.79. The quantitative estimate of drug-likeness (QED) is 0.871. The number of rotatable bonds is 3. The zero-order valence-electron chi connectivity index (χ0n) is 17.6. The Bertz CT molecular complexity index is 902. The molecule has 0 aromatic heterocycles. The van der Waals surface area contributed by atoms with E-state index in [9.17, 15) is 9.59 Å². The minimum absolute atomic E-state index is 0.00797. The van der Waals surface area contributed by atoms with Gasteiger partial charge in [-0.1, -0.05) is 31.5 Å². The molecule has 1 N–H and O–H groups in total. The van der Waals surface area contributed by atoms with Crippen LogP contribution in [0.5, 0.6) is 0 Å².